The predicted molar refractivity (Wildman–Crippen MR) is 121 cm³/mol. The Morgan fingerprint density at radius 3 is 2.13 bits per heavy atom. The van der Waals surface area contributed by atoms with E-state index < -0.39 is 5.97 Å². The average molecular weight is 495 g/mol. The molecule has 4 nitrogen and oxygen atoms in total. The largest absolute Gasteiger partial charge is 2.00 e. The molecule has 1 aromatic heterocycles. The van der Waals surface area contributed by atoms with Crippen LogP contribution >= 0.6 is 23.2 Å². The Morgan fingerprint density at radius 1 is 0.968 bits per heavy atom. The number of pyridine rings is 1. The van der Waals surface area contributed by atoms with E-state index in [4.69, 9.17) is 33.7 Å². The zero-order chi connectivity index (χ0) is 21.5. The normalized spacial score (nSPS) is 15.7. The van der Waals surface area contributed by atoms with Crippen molar-refractivity contribution < 1.29 is 26.6 Å². The van der Waals surface area contributed by atoms with Gasteiger partial charge in [0.2, 0.25) is 0 Å². The third-order valence-electron chi connectivity index (χ3n) is 4.26. The Hall–Kier alpha value is -1.26. The van der Waals surface area contributed by atoms with E-state index in [1.807, 2.05) is 57.8 Å². The number of hydrogen-bond acceptors (Lipinski definition) is 4. The maximum Gasteiger partial charge on any atom is 2.00 e. The molecule has 2 aliphatic carbocycles. The van der Waals surface area contributed by atoms with Gasteiger partial charge in [-0.3, -0.25) is 0 Å². The minimum atomic E-state index is -0.539. The van der Waals surface area contributed by atoms with Gasteiger partial charge in [0.15, 0.2) is 0 Å². The number of rotatable bonds is 4. The quantitative estimate of drug-likeness (QED) is 0.444. The van der Waals surface area contributed by atoms with E-state index in [2.05, 4.69) is 4.98 Å². The molecule has 2 aliphatic rings. The van der Waals surface area contributed by atoms with Gasteiger partial charge in [0, 0.05) is 27.1 Å². The van der Waals surface area contributed by atoms with Gasteiger partial charge in [0.05, 0.1) is 12.3 Å². The molecule has 1 heterocycles. The average Bonchev–Trinajstić information content (AvgIpc) is 3.44. The molecular formula is C24H20Cl2FeN2O2+2. The summed E-state index contributed by atoms with van der Waals surface area (Å²) in [4.78, 5) is 16.8. The number of halogens is 2. The Labute approximate surface area is 205 Å². The van der Waals surface area contributed by atoms with Crippen LogP contribution in [0.15, 0.2) is 24.3 Å². The molecule has 0 spiro atoms. The van der Waals surface area contributed by atoms with Gasteiger partial charge in [-0.05, 0) is 82.9 Å². The third kappa shape index (κ3) is 6.86. The van der Waals surface area contributed by atoms with Gasteiger partial charge < -0.3 is 10.5 Å². The van der Waals surface area contributed by atoms with Crippen molar-refractivity contribution in [2.45, 2.75) is 6.92 Å². The van der Waals surface area contributed by atoms with Crippen molar-refractivity contribution in [1.82, 2.24) is 4.98 Å². The minimum Gasteiger partial charge on any atom is -0.462 e. The smallest absolute Gasteiger partial charge is 0.462 e. The molecule has 0 saturated heterocycles. The zero-order valence-electron chi connectivity index (χ0n) is 16.7. The second-order valence-corrected chi connectivity index (χ2v) is 7.14. The Bertz CT molecular complexity index is 875. The van der Waals surface area contributed by atoms with E-state index in [9.17, 15) is 4.79 Å². The monoisotopic (exact) mass is 494 g/mol. The molecule has 2 saturated carbocycles. The van der Waals surface area contributed by atoms with Crippen LogP contribution in [-0.4, -0.2) is 17.6 Å². The Morgan fingerprint density at radius 2 is 1.58 bits per heavy atom. The first-order valence-electron chi connectivity index (χ1n) is 9.33. The number of aromatic nitrogens is 1. The molecule has 2 N–H and O–H groups in total. The number of nitrogen functional groups attached to an aromatic ring is 1. The van der Waals surface area contributed by atoms with Gasteiger partial charge in [-0.1, -0.05) is 29.3 Å². The van der Waals surface area contributed by atoms with Crippen LogP contribution in [0.2, 0.25) is 10.0 Å². The molecule has 0 aliphatic heterocycles. The fraction of sp³-hybridized carbons (Fsp3) is 0.0833. The fourth-order valence-electron chi connectivity index (χ4n) is 2.92. The Balaban J connectivity index is 0.000000501. The number of carbonyl (C=O) groups excluding carboxylic acids is 1. The summed E-state index contributed by atoms with van der Waals surface area (Å²) in [5, 5.41) is 0.918. The molecule has 2 aromatic rings. The van der Waals surface area contributed by atoms with Crippen LogP contribution in [0.25, 0.3) is 11.1 Å². The molecule has 4 rings (SSSR count). The summed E-state index contributed by atoms with van der Waals surface area (Å²) in [6, 6.07) is 6.85. The van der Waals surface area contributed by atoms with E-state index in [-0.39, 0.29) is 35.1 Å². The molecule has 0 atom stereocenters. The first-order chi connectivity index (χ1) is 14.5. The summed E-state index contributed by atoms with van der Waals surface area (Å²) in [5.41, 5.74) is 8.14. The zero-order valence-corrected chi connectivity index (χ0v) is 19.3. The first-order valence-corrected chi connectivity index (χ1v) is 10.1. The fourth-order valence-corrected chi connectivity index (χ4v) is 3.43. The summed E-state index contributed by atoms with van der Waals surface area (Å²) in [6.45, 7) is 1.96. The van der Waals surface area contributed by atoms with Crippen molar-refractivity contribution in [2.75, 3.05) is 12.3 Å². The van der Waals surface area contributed by atoms with E-state index in [0.717, 1.165) is 5.92 Å². The molecule has 0 unspecified atom stereocenters. The van der Waals surface area contributed by atoms with Gasteiger partial charge in [0.1, 0.15) is 11.4 Å². The van der Waals surface area contributed by atoms with Crippen LogP contribution in [0.3, 0.4) is 0 Å². The topological polar surface area (TPSA) is 65.2 Å². The number of ether oxygens (including phenoxy) is 1. The summed E-state index contributed by atoms with van der Waals surface area (Å²) < 4.78 is 5.14. The number of nitrogens with two attached hydrogens (primary N) is 1. The summed E-state index contributed by atoms with van der Waals surface area (Å²) >= 11 is 12.3. The van der Waals surface area contributed by atoms with Gasteiger partial charge in [0.25, 0.3) is 0 Å². The van der Waals surface area contributed by atoms with Crippen molar-refractivity contribution in [2.24, 2.45) is 0 Å². The Kier molecular flexibility index (Phi) is 10.6. The van der Waals surface area contributed by atoms with Gasteiger partial charge in [-0.2, -0.15) is 0 Å². The minimum absolute atomic E-state index is 0. The molecule has 10 radical (unpaired) electrons. The molecule has 1 aromatic carbocycles. The number of nitrogens with zero attached hydrogens (tertiary/aromatic N) is 1. The second kappa shape index (κ2) is 12.7. The number of esters is 1. The van der Waals surface area contributed by atoms with Gasteiger partial charge in [-0.25, -0.2) is 9.78 Å². The molecule has 0 bridgehead atoms. The summed E-state index contributed by atoms with van der Waals surface area (Å²) in [5.74, 6) is 0.453. The first kappa shape index (κ1) is 26.0. The SMILES string of the molecule is CCOC(=O)c1c(-c2ccc(Cl)cc2Cl)cc([C]2[CH][CH][CH][CH]2)nc1N.[CH]1[CH][CH][CH][CH]1.[Fe+2]. The van der Waals surface area contributed by atoms with E-state index in [1.165, 1.54) is 0 Å². The maximum absolute atomic E-state index is 12.4. The molecule has 158 valence electrons. The summed E-state index contributed by atoms with van der Waals surface area (Å²) in [6.07, 6.45) is 17.6. The van der Waals surface area contributed by atoms with Crippen molar-refractivity contribution in [3.63, 3.8) is 0 Å². The number of hydrogen-bond donors (Lipinski definition) is 1. The van der Waals surface area contributed by atoms with E-state index >= 15 is 0 Å². The van der Waals surface area contributed by atoms with E-state index in [1.54, 1.807) is 31.2 Å². The van der Waals surface area contributed by atoms with Crippen LogP contribution in [-0.2, 0) is 21.8 Å². The van der Waals surface area contributed by atoms with Crippen LogP contribution in [0.4, 0.5) is 5.82 Å². The van der Waals surface area contributed by atoms with Crippen LogP contribution < -0.4 is 5.73 Å². The van der Waals surface area contributed by atoms with Crippen molar-refractivity contribution in [1.29, 1.82) is 0 Å². The van der Waals surface area contributed by atoms with Gasteiger partial charge in [-0.15, -0.1) is 0 Å². The van der Waals surface area contributed by atoms with Crippen molar-refractivity contribution in [3.8, 4) is 11.1 Å². The molecular weight excluding hydrogens is 475 g/mol. The molecule has 31 heavy (non-hydrogen) atoms. The maximum atomic E-state index is 12.4. The van der Waals surface area contributed by atoms with Crippen LogP contribution in [0, 0.1) is 63.7 Å². The van der Waals surface area contributed by atoms with Gasteiger partial charge >= 0.3 is 23.0 Å². The van der Waals surface area contributed by atoms with Crippen molar-refractivity contribution >= 4 is 35.0 Å². The molecule has 2 fully saturated rings. The van der Waals surface area contributed by atoms with Crippen LogP contribution in [0.5, 0.6) is 0 Å². The molecule has 0 amide bonds. The molecule has 7 heteroatoms. The number of benzene rings is 1. The standard InChI is InChI=1S/C19H15Cl2N2O2.C5H5.Fe/c1-2-25-19(24)17-14(13-8-7-12(20)9-15(13)21)10-16(23-18(17)22)11-5-3-4-6-11;1-2-4-5-3-1;/h3-10H,2H2,1H3,(H2,22,23);1-5H;/q;;+2. The van der Waals surface area contributed by atoms with Crippen LogP contribution in [0.1, 0.15) is 23.0 Å². The summed E-state index contributed by atoms with van der Waals surface area (Å²) in [7, 11) is 0. The predicted octanol–water partition coefficient (Wildman–Crippen LogP) is 5.59. The second-order valence-electron chi connectivity index (χ2n) is 6.30. The number of anilines is 1. The third-order valence-corrected chi connectivity index (χ3v) is 4.81. The number of carbonyl (C=O) groups is 1. The van der Waals surface area contributed by atoms with Crippen molar-refractivity contribution in [3.05, 3.63) is 109 Å². The van der Waals surface area contributed by atoms with E-state index in [0.29, 0.717) is 26.9 Å².